The summed E-state index contributed by atoms with van der Waals surface area (Å²) >= 11 is 0. The summed E-state index contributed by atoms with van der Waals surface area (Å²) < 4.78 is 0. The first-order chi connectivity index (χ1) is 5.65. The van der Waals surface area contributed by atoms with Crippen LogP contribution < -0.4 is 0 Å². The minimum atomic E-state index is 0.959. The molecule has 1 aliphatic rings. The topological polar surface area (TPSA) is 15.6 Å². The van der Waals surface area contributed by atoms with Crippen molar-refractivity contribution in [1.82, 2.24) is 4.90 Å². The number of aliphatic imine (C=N–C) groups is 1. The van der Waals surface area contributed by atoms with Crippen molar-refractivity contribution in [2.45, 2.75) is 27.2 Å². The Balaban J connectivity index is 2.76. The molecule has 66 valence electrons. The van der Waals surface area contributed by atoms with Crippen LogP contribution in [-0.2, 0) is 0 Å². The molecule has 0 amide bonds. The Kier molecular flexibility index (Phi) is 2.69. The fourth-order valence-corrected chi connectivity index (χ4v) is 1.21. The van der Waals surface area contributed by atoms with Gasteiger partial charge in [-0.1, -0.05) is 13.5 Å². The molecular weight excluding hydrogens is 148 g/mol. The van der Waals surface area contributed by atoms with Crippen LogP contribution in [0.3, 0.4) is 0 Å². The summed E-state index contributed by atoms with van der Waals surface area (Å²) in [6.45, 7) is 11.1. The predicted octanol–water partition coefficient (Wildman–Crippen LogP) is 2.55. The monoisotopic (exact) mass is 164 g/mol. The van der Waals surface area contributed by atoms with Crippen LogP contribution in [0.4, 0.5) is 0 Å². The van der Waals surface area contributed by atoms with Crippen molar-refractivity contribution in [3.63, 3.8) is 0 Å². The molecule has 0 N–H and O–H groups in total. The lowest BCUT2D eigenvalue weighted by molar-refractivity contribution is 0.551. The van der Waals surface area contributed by atoms with E-state index in [4.69, 9.17) is 0 Å². The van der Waals surface area contributed by atoms with E-state index in [0.29, 0.717) is 0 Å². The number of rotatable bonds is 2. The predicted molar refractivity (Wildman–Crippen MR) is 53.0 cm³/mol. The van der Waals surface area contributed by atoms with Gasteiger partial charge in [0.2, 0.25) is 0 Å². The van der Waals surface area contributed by atoms with Crippen molar-refractivity contribution in [1.29, 1.82) is 0 Å². The summed E-state index contributed by atoms with van der Waals surface area (Å²) in [5.41, 5.74) is 3.62. The Bertz CT molecular complexity index is 249. The lowest BCUT2D eigenvalue weighted by Gasteiger charge is -2.25. The third kappa shape index (κ3) is 1.76. The first-order valence-corrected chi connectivity index (χ1v) is 4.30. The Labute approximate surface area is 74.3 Å². The molecular formula is C10H16N2. The van der Waals surface area contributed by atoms with Gasteiger partial charge < -0.3 is 4.90 Å². The zero-order chi connectivity index (χ0) is 9.14. The lowest BCUT2D eigenvalue weighted by Crippen LogP contribution is -2.25. The molecule has 0 aliphatic carbocycles. The highest BCUT2D eigenvalue weighted by Gasteiger charge is 2.10. The van der Waals surface area contributed by atoms with Crippen molar-refractivity contribution >= 4 is 6.34 Å². The van der Waals surface area contributed by atoms with E-state index in [2.05, 4.69) is 30.3 Å². The zero-order valence-electron chi connectivity index (χ0n) is 8.09. The Morgan fingerprint density at radius 2 is 2.42 bits per heavy atom. The zero-order valence-corrected chi connectivity index (χ0v) is 8.09. The second-order valence-electron chi connectivity index (χ2n) is 3.15. The van der Waals surface area contributed by atoms with E-state index in [0.717, 1.165) is 24.4 Å². The SMILES string of the molecule is C=C(C)N1C=NC(C)=C(CC)C1. The molecule has 0 saturated carbocycles. The quantitative estimate of drug-likeness (QED) is 0.612. The number of allylic oxidation sites excluding steroid dienone is 2. The van der Waals surface area contributed by atoms with E-state index in [1.165, 1.54) is 5.57 Å². The van der Waals surface area contributed by atoms with Crippen LogP contribution in [0, 0.1) is 0 Å². The molecule has 1 rings (SSSR count). The van der Waals surface area contributed by atoms with E-state index >= 15 is 0 Å². The number of hydrogen-bond donors (Lipinski definition) is 0. The molecule has 0 fully saturated rings. The van der Waals surface area contributed by atoms with E-state index < -0.39 is 0 Å². The normalized spacial score (nSPS) is 17.1. The molecule has 12 heavy (non-hydrogen) atoms. The molecule has 0 unspecified atom stereocenters. The summed E-state index contributed by atoms with van der Waals surface area (Å²) in [5, 5.41) is 0. The molecule has 0 saturated heterocycles. The summed E-state index contributed by atoms with van der Waals surface area (Å²) in [7, 11) is 0. The average Bonchev–Trinajstić information content (AvgIpc) is 2.05. The molecule has 0 atom stereocenters. The molecule has 0 spiro atoms. The largest absolute Gasteiger partial charge is 0.333 e. The lowest BCUT2D eigenvalue weighted by atomic mass is 10.1. The fourth-order valence-electron chi connectivity index (χ4n) is 1.21. The molecule has 1 heterocycles. The maximum absolute atomic E-state index is 4.30. The molecule has 0 radical (unpaired) electrons. The van der Waals surface area contributed by atoms with E-state index in [1.54, 1.807) is 0 Å². The summed E-state index contributed by atoms with van der Waals surface area (Å²) in [6, 6.07) is 0. The van der Waals surface area contributed by atoms with Gasteiger partial charge in [0.05, 0.1) is 6.34 Å². The van der Waals surface area contributed by atoms with Crippen LogP contribution in [0.1, 0.15) is 27.2 Å². The van der Waals surface area contributed by atoms with E-state index in [1.807, 2.05) is 13.3 Å². The van der Waals surface area contributed by atoms with Gasteiger partial charge in [-0.05, 0) is 25.8 Å². The minimum absolute atomic E-state index is 0.959. The Morgan fingerprint density at radius 1 is 1.75 bits per heavy atom. The first-order valence-electron chi connectivity index (χ1n) is 4.30. The van der Waals surface area contributed by atoms with Gasteiger partial charge in [-0.25, -0.2) is 4.99 Å². The van der Waals surface area contributed by atoms with Crippen LogP contribution >= 0.6 is 0 Å². The van der Waals surface area contributed by atoms with Crippen molar-refractivity contribution in [3.05, 3.63) is 23.5 Å². The second-order valence-corrected chi connectivity index (χ2v) is 3.15. The van der Waals surface area contributed by atoms with Crippen molar-refractivity contribution in [2.24, 2.45) is 4.99 Å². The molecule has 0 aromatic carbocycles. The Hall–Kier alpha value is -1.05. The van der Waals surface area contributed by atoms with Gasteiger partial charge in [-0.2, -0.15) is 0 Å². The average molecular weight is 164 g/mol. The van der Waals surface area contributed by atoms with Gasteiger partial charge in [0.15, 0.2) is 0 Å². The number of hydrogen-bond acceptors (Lipinski definition) is 2. The van der Waals surface area contributed by atoms with Crippen LogP contribution in [0.5, 0.6) is 0 Å². The van der Waals surface area contributed by atoms with Gasteiger partial charge in [-0.15, -0.1) is 0 Å². The summed E-state index contributed by atoms with van der Waals surface area (Å²) in [6.07, 6.45) is 2.93. The van der Waals surface area contributed by atoms with E-state index in [-0.39, 0.29) is 0 Å². The van der Waals surface area contributed by atoms with Crippen LogP contribution in [0.15, 0.2) is 28.5 Å². The van der Waals surface area contributed by atoms with Crippen LogP contribution in [0.2, 0.25) is 0 Å². The van der Waals surface area contributed by atoms with Gasteiger partial charge in [0, 0.05) is 17.9 Å². The van der Waals surface area contributed by atoms with E-state index in [9.17, 15) is 0 Å². The maximum Gasteiger partial charge on any atom is 0.0952 e. The van der Waals surface area contributed by atoms with Crippen molar-refractivity contribution < 1.29 is 0 Å². The first kappa shape index (κ1) is 9.04. The highest BCUT2D eigenvalue weighted by Crippen LogP contribution is 2.16. The van der Waals surface area contributed by atoms with Gasteiger partial charge >= 0.3 is 0 Å². The molecule has 0 bridgehead atoms. The van der Waals surface area contributed by atoms with Crippen LogP contribution in [0.25, 0.3) is 0 Å². The van der Waals surface area contributed by atoms with Gasteiger partial charge in [0.1, 0.15) is 0 Å². The highest BCUT2D eigenvalue weighted by atomic mass is 15.2. The van der Waals surface area contributed by atoms with Gasteiger partial charge in [-0.3, -0.25) is 0 Å². The maximum atomic E-state index is 4.30. The minimum Gasteiger partial charge on any atom is -0.333 e. The second kappa shape index (κ2) is 3.57. The molecule has 0 aromatic heterocycles. The smallest absolute Gasteiger partial charge is 0.0952 e. The molecule has 2 nitrogen and oxygen atoms in total. The third-order valence-electron chi connectivity index (χ3n) is 2.18. The van der Waals surface area contributed by atoms with Crippen molar-refractivity contribution in [3.8, 4) is 0 Å². The van der Waals surface area contributed by atoms with Crippen LogP contribution in [-0.4, -0.2) is 17.8 Å². The number of nitrogens with zero attached hydrogens (tertiary/aromatic N) is 2. The fraction of sp³-hybridized carbons (Fsp3) is 0.500. The molecule has 2 heteroatoms. The molecule has 0 aromatic rings. The summed E-state index contributed by atoms with van der Waals surface area (Å²) in [5.74, 6) is 0. The third-order valence-corrected chi connectivity index (χ3v) is 2.18. The standard InChI is InChI=1S/C10H16N2/c1-5-10-6-12(8(2)3)7-11-9(10)4/h7H,2,5-6H2,1,3-4H3. The Morgan fingerprint density at radius 3 is 2.92 bits per heavy atom. The van der Waals surface area contributed by atoms with Crippen molar-refractivity contribution in [2.75, 3.05) is 6.54 Å². The molecule has 1 aliphatic heterocycles. The summed E-state index contributed by atoms with van der Waals surface area (Å²) in [4.78, 5) is 6.38. The van der Waals surface area contributed by atoms with Gasteiger partial charge in [0.25, 0.3) is 0 Å². The highest BCUT2D eigenvalue weighted by molar-refractivity contribution is 5.62.